The number of benzene rings is 2. The number of thioether (sulfide) groups is 1. The lowest BCUT2D eigenvalue weighted by Crippen LogP contribution is -2.33. The molecular weight excluding hydrogens is 505 g/mol. The molecule has 174 valence electrons. The van der Waals surface area contributed by atoms with Gasteiger partial charge in [0.05, 0.1) is 33.1 Å². The molecule has 2 N–H and O–H groups in total. The van der Waals surface area contributed by atoms with Gasteiger partial charge in [-0.1, -0.05) is 72.5 Å². The number of anilines is 1. The third-order valence-electron chi connectivity index (χ3n) is 4.75. The zero-order valence-corrected chi connectivity index (χ0v) is 21.2. The molecule has 0 fully saturated rings. The average molecular weight is 527 g/mol. The topological polar surface area (TPSA) is 88.9 Å². The molecule has 3 rings (SSSR count). The Morgan fingerprint density at radius 1 is 1.06 bits per heavy atom. The smallest absolute Gasteiger partial charge is 0.253 e. The van der Waals surface area contributed by atoms with Gasteiger partial charge in [0, 0.05) is 12.1 Å². The number of hydrogen-bond acceptors (Lipinski definition) is 5. The van der Waals surface area contributed by atoms with Crippen molar-refractivity contribution in [1.29, 1.82) is 0 Å². The zero-order chi connectivity index (χ0) is 24.1. The van der Waals surface area contributed by atoms with E-state index in [1.54, 1.807) is 54.1 Å². The molecule has 3 aromatic rings. The molecule has 0 aliphatic rings. The maximum Gasteiger partial charge on any atom is 0.253 e. The van der Waals surface area contributed by atoms with Crippen LogP contribution in [0.15, 0.2) is 47.6 Å². The minimum atomic E-state index is -0.403. The fourth-order valence-electron chi connectivity index (χ4n) is 3.03. The van der Waals surface area contributed by atoms with E-state index in [4.69, 9.17) is 34.8 Å². The summed E-state index contributed by atoms with van der Waals surface area (Å²) in [5.74, 6) is 0.139. The maximum atomic E-state index is 12.8. The van der Waals surface area contributed by atoms with Crippen molar-refractivity contribution in [2.75, 3.05) is 11.1 Å². The quantitative estimate of drug-likeness (QED) is 0.371. The molecule has 2 amide bonds. The molecule has 11 heteroatoms. The van der Waals surface area contributed by atoms with E-state index in [0.717, 1.165) is 0 Å². The van der Waals surface area contributed by atoms with E-state index in [0.29, 0.717) is 37.3 Å². The van der Waals surface area contributed by atoms with Crippen molar-refractivity contribution in [2.24, 2.45) is 13.0 Å². The van der Waals surface area contributed by atoms with Gasteiger partial charge in [-0.25, -0.2) is 0 Å². The molecule has 1 aromatic heterocycles. The molecule has 2 aromatic carbocycles. The second-order valence-electron chi connectivity index (χ2n) is 7.54. The molecule has 0 spiro atoms. The first-order valence-corrected chi connectivity index (χ1v) is 12.1. The van der Waals surface area contributed by atoms with Crippen molar-refractivity contribution in [3.8, 4) is 0 Å². The normalized spacial score (nSPS) is 12.0. The van der Waals surface area contributed by atoms with Crippen LogP contribution in [-0.2, 0) is 11.8 Å². The predicted molar refractivity (Wildman–Crippen MR) is 133 cm³/mol. The molecule has 1 heterocycles. The summed E-state index contributed by atoms with van der Waals surface area (Å²) in [6.07, 6.45) is 0. The first-order valence-electron chi connectivity index (χ1n) is 9.99. The van der Waals surface area contributed by atoms with Gasteiger partial charge in [0.15, 0.2) is 11.0 Å². The highest BCUT2D eigenvalue weighted by molar-refractivity contribution is 7.99. The highest BCUT2D eigenvalue weighted by atomic mass is 35.5. The third-order valence-corrected chi connectivity index (χ3v) is 6.67. The van der Waals surface area contributed by atoms with Gasteiger partial charge in [-0.05, 0) is 36.2 Å². The lowest BCUT2D eigenvalue weighted by Gasteiger charge is -2.22. The SMILES string of the molecule is CC(C)[C@H](NC(=O)c1ccccc1Cl)c1nnc(SCC(=O)Nc2cc(Cl)ccc2Cl)n1C. The molecule has 0 aliphatic heterocycles. The van der Waals surface area contributed by atoms with E-state index in [-0.39, 0.29) is 23.5 Å². The minimum absolute atomic E-state index is 0.0328. The number of hydrogen-bond donors (Lipinski definition) is 2. The van der Waals surface area contributed by atoms with E-state index in [9.17, 15) is 9.59 Å². The van der Waals surface area contributed by atoms with Crippen molar-refractivity contribution in [3.05, 3.63) is 68.9 Å². The van der Waals surface area contributed by atoms with Crippen LogP contribution in [0.25, 0.3) is 0 Å². The van der Waals surface area contributed by atoms with Crippen LogP contribution in [-0.4, -0.2) is 32.3 Å². The Labute approximate surface area is 211 Å². The molecule has 1 atom stereocenters. The maximum absolute atomic E-state index is 12.8. The van der Waals surface area contributed by atoms with Crippen LogP contribution in [0.2, 0.25) is 15.1 Å². The van der Waals surface area contributed by atoms with Gasteiger partial charge in [0.25, 0.3) is 5.91 Å². The molecule has 0 saturated carbocycles. The lowest BCUT2D eigenvalue weighted by molar-refractivity contribution is -0.113. The monoisotopic (exact) mass is 525 g/mol. The molecular formula is C22H22Cl3N5O2S. The van der Waals surface area contributed by atoms with Crippen LogP contribution >= 0.6 is 46.6 Å². The number of amides is 2. The van der Waals surface area contributed by atoms with Gasteiger partial charge < -0.3 is 15.2 Å². The standard InChI is InChI=1S/C22H22Cl3N5O2S/c1-12(2)19(27-21(32)14-6-4-5-7-15(14)24)20-28-29-22(30(20)3)33-11-18(31)26-17-10-13(23)8-9-16(17)25/h4-10,12,19H,11H2,1-3H3,(H,26,31)(H,27,32)/t19-/m0/s1. The van der Waals surface area contributed by atoms with Gasteiger partial charge in [-0.3, -0.25) is 9.59 Å². The summed E-state index contributed by atoms with van der Waals surface area (Å²) >= 11 is 19.4. The van der Waals surface area contributed by atoms with Crippen molar-refractivity contribution in [2.45, 2.75) is 25.0 Å². The highest BCUT2D eigenvalue weighted by Gasteiger charge is 2.26. The van der Waals surface area contributed by atoms with Gasteiger partial charge in [0.1, 0.15) is 0 Å². The fourth-order valence-corrected chi connectivity index (χ4v) is 4.30. The van der Waals surface area contributed by atoms with E-state index >= 15 is 0 Å². The van der Waals surface area contributed by atoms with Crippen LogP contribution in [0, 0.1) is 5.92 Å². The lowest BCUT2D eigenvalue weighted by atomic mass is 10.0. The van der Waals surface area contributed by atoms with E-state index in [1.807, 2.05) is 13.8 Å². The Kier molecular flexibility index (Phi) is 8.64. The number of nitrogens with one attached hydrogen (secondary N) is 2. The molecule has 0 bridgehead atoms. The number of halogens is 3. The molecule has 33 heavy (non-hydrogen) atoms. The number of rotatable bonds is 8. The second kappa shape index (κ2) is 11.2. The van der Waals surface area contributed by atoms with Crippen LogP contribution in [0.1, 0.15) is 36.1 Å². The minimum Gasteiger partial charge on any atom is -0.342 e. The Balaban J connectivity index is 1.69. The summed E-state index contributed by atoms with van der Waals surface area (Å²) in [5.41, 5.74) is 0.827. The summed E-state index contributed by atoms with van der Waals surface area (Å²) in [7, 11) is 1.79. The van der Waals surface area contributed by atoms with Crippen LogP contribution in [0.5, 0.6) is 0 Å². The summed E-state index contributed by atoms with van der Waals surface area (Å²) < 4.78 is 1.77. The summed E-state index contributed by atoms with van der Waals surface area (Å²) in [4.78, 5) is 25.2. The van der Waals surface area contributed by atoms with Gasteiger partial charge in [0.2, 0.25) is 5.91 Å². The van der Waals surface area contributed by atoms with E-state index in [1.165, 1.54) is 11.8 Å². The largest absolute Gasteiger partial charge is 0.342 e. The summed E-state index contributed by atoms with van der Waals surface area (Å²) in [6, 6.07) is 11.3. The van der Waals surface area contributed by atoms with Gasteiger partial charge in [-0.2, -0.15) is 0 Å². The number of carbonyl (C=O) groups excluding carboxylic acids is 2. The van der Waals surface area contributed by atoms with Crippen molar-refractivity contribution in [3.63, 3.8) is 0 Å². The predicted octanol–water partition coefficient (Wildman–Crippen LogP) is 5.63. The van der Waals surface area contributed by atoms with Crippen LogP contribution in [0.3, 0.4) is 0 Å². The van der Waals surface area contributed by atoms with Gasteiger partial charge >= 0.3 is 0 Å². The Morgan fingerprint density at radius 2 is 1.79 bits per heavy atom. The first kappa shape index (κ1) is 25.4. The molecule has 0 unspecified atom stereocenters. The Hall–Kier alpha value is -2.26. The fraction of sp³-hybridized carbons (Fsp3) is 0.273. The third kappa shape index (κ3) is 6.41. The van der Waals surface area contributed by atoms with Crippen LogP contribution < -0.4 is 10.6 Å². The summed E-state index contributed by atoms with van der Waals surface area (Å²) in [5, 5.41) is 16.0. The summed E-state index contributed by atoms with van der Waals surface area (Å²) in [6.45, 7) is 3.95. The van der Waals surface area contributed by atoms with E-state index in [2.05, 4.69) is 20.8 Å². The van der Waals surface area contributed by atoms with Crippen molar-refractivity contribution >= 4 is 64.1 Å². The number of aromatic nitrogens is 3. The average Bonchev–Trinajstić information content (AvgIpc) is 3.13. The number of nitrogens with zero attached hydrogens (tertiary/aromatic N) is 3. The molecule has 0 radical (unpaired) electrons. The second-order valence-corrected chi connectivity index (χ2v) is 9.73. The van der Waals surface area contributed by atoms with Crippen LogP contribution in [0.4, 0.5) is 5.69 Å². The molecule has 0 saturated heterocycles. The first-order chi connectivity index (χ1) is 15.7. The van der Waals surface area contributed by atoms with Crippen molar-refractivity contribution in [1.82, 2.24) is 20.1 Å². The molecule has 7 nitrogen and oxygen atoms in total. The van der Waals surface area contributed by atoms with Crippen molar-refractivity contribution < 1.29 is 9.59 Å². The van der Waals surface area contributed by atoms with Gasteiger partial charge in [-0.15, -0.1) is 10.2 Å². The number of carbonyl (C=O) groups is 2. The zero-order valence-electron chi connectivity index (χ0n) is 18.1. The van der Waals surface area contributed by atoms with E-state index < -0.39 is 6.04 Å². The molecule has 0 aliphatic carbocycles. The Bertz CT molecular complexity index is 1170. The highest BCUT2D eigenvalue weighted by Crippen LogP contribution is 2.27. The Morgan fingerprint density at radius 3 is 2.48 bits per heavy atom.